The summed E-state index contributed by atoms with van der Waals surface area (Å²) in [5.74, 6) is -6.54. The maximum absolute atomic E-state index is 13.5. The summed E-state index contributed by atoms with van der Waals surface area (Å²) >= 11 is 0. The van der Waals surface area contributed by atoms with Gasteiger partial charge in [0.05, 0.1) is 90.8 Å². The average Bonchev–Trinajstić information content (AvgIpc) is 3.36. The van der Waals surface area contributed by atoms with Gasteiger partial charge in [-0.1, -0.05) is 13.8 Å². The number of hydrogen-bond acceptors (Lipinski definition) is 21. The number of aliphatic carboxylic acids is 2. The summed E-state index contributed by atoms with van der Waals surface area (Å²) in [5.41, 5.74) is 11.0. The van der Waals surface area contributed by atoms with Gasteiger partial charge in [-0.2, -0.15) is 0 Å². The van der Waals surface area contributed by atoms with Crippen molar-refractivity contribution in [2.45, 2.75) is 94.8 Å². The van der Waals surface area contributed by atoms with Crippen molar-refractivity contribution in [3.05, 3.63) is 23.7 Å². The fourth-order valence-electron chi connectivity index (χ4n) is 7.64. The van der Waals surface area contributed by atoms with Gasteiger partial charge < -0.3 is 110 Å². The first-order valence-electron chi connectivity index (χ1n) is 24.9. The highest BCUT2D eigenvalue weighted by molar-refractivity contribution is 5.86. The summed E-state index contributed by atoms with van der Waals surface area (Å²) in [6.45, 7) is 8.22. The van der Waals surface area contributed by atoms with Gasteiger partial charge in [0.15, 0.2) is 30.2 Å². The minimum Gasteiger partial charge on any atom is -0.479 e. The molecular weight excluding hydrogens is 1010 g/mol. The van der Waals surface area contributed by atoms with Crippen LogP contribution in [0.4, 0.5) is 9.59 Å². The quantitative estimate of drug-likeness (QED) is 0.0164. The van der Waals surface area contributed by atoms with Gasteiger partial charge in [0.2, 0.25) is 17.4 Å². The first kappa shape index (κ1) is 66.3. The van der Waals surface area contributed by atoms with E-state index in [4.69, 9.17) is 64.9 Å². The molecule has 436 valence electrons. The second-order valence-corrected chi connectivity index (χ2v) is 17.7. The lowest BCUT2D eigenvalue weighted by Gasteiger charge is -2.41. The maximum Gasteiger partial charge on any atom is 0.410 e. The van der Waals surface area contributed by atoms with Gasteiger partial charge in [0, 0.05) is 59.7 Å². The van der Waals surface area contributed by atoms with Gasteiger partial charge in [-0.15, -0.1) is 0 Å². The molecule has 0 saturated carbocycles. The molecule has 0 aromatic heterocycles. The Morgan fingerprint density at radius 3 is 1.51 bits per heavy atom. The van der Waals surface area contributed by atoms with Gasteiger partial charge >= 0.3 is 24.1 Å². The number of nitrogens with two attached hydrogens (primary N) is 2. The Balaban J connectivity index is 2.04. The Labute approximate surface area is 441 Å². The van der Waals surface area contributed by atoms with Crippen molar-refractivity contribution in [2.75, 3.05) is 126 Å². The molecule has 0 aromatic rings. The van der Waals surface area contributed by atoms with Crippen molar-refractivity contribution < 1.29 is 97.2 Å². The largest absolute Gasteiger partial charge is 0.479 e. The highest BCUT2D eigenvalue weighted by atomic mass is 16.6. The van der Waals surface area contributed by atoms with E-state index >= 15 is 0 Å². The molecule has 3 amide bonds. The van der Waals surface area contributed by atoms with E-state index in [1.807, 2.05) is 6.92 Å². The second-order valence-electron chi connectivity index (χ2n) is 17.7. The number of carbonyl (C=O) groups is 5. The predicted molar refractivity (Wildman–Crippen MR) is 268 cm³/mol. The second kappa shape index (κ2) is 36.2. The lowest BCUT2D eigenvalue weighted by atomic mass is 9.87. The lowest BCUT2D eigenvalue weighted by Crippen LogP contribution is -2.65. The van der Waals surface area contributed by atoms with Crippen LogP contribution < -0.4 is 27.4 Å². The predicted octanol–water partition coefficient (Wildman–Crippen LogP) is -3.28. The van der Waals surface area contributed by atoms with Crippen LogP contribution in [0.2, 0.25) is 0 Å². The summed E-state index contributed by atoms with van der Waals surface area (Å²) in [6.07, 6.45) is -7.31. The van der Waals surface area contributed by atoms with E-state index in [0.29, 0.717) is 85.3 Å². The molecule has 2 heterocycles. The van der Waals surface area contributed by atoms with Crippen LogP contribution in [0.5, 0.6) is 0 Å². The van der Waals surface area contributed by atoms with Crippen molar-refractivity contribution in [1.82, 2.24) is 30.7 Å². The monoisotopic (exact) mass is 1090 g/mol. The highest BCUT2D eigenvalue weighted by Gasteiger charge is 2.47. The van der Waals surface area contributed by atoms with Gasteiger partial charge in [0.25, 0.3) is 0 Å². The standard InChI is InChI=1S/C46H82N10O20/c1-6-14-68-18-20-71-22-23-72-21-19-70-17-13-56(12-16-69-15-11-55(5)46(67)75-38(32(60)26-57)37-28(2)30(52-43(47)48)24-34(73-37)41(62)63)10-8-7-9-54(4)45(66)76-39(33(61)27-58)40-36(51-29(3)59)31(53-44(49)50)25-35(74-40)42(64)65/h24-25,28,30-33,36-40,57-58,60-61H,6-23,26-27H2,1-5H3,(H,51,59)(H,62,63)(H,64,65)(H4,47,48,52)(H4,49,50,53)/t28-,30+,31+,32-,33-,36-,37-,38-,39-,40-/m1/s1. The normalized spacial score (nSPS) is 20.8. The molecule has 0 aliphatic carbocycles. The average molecular weight is 1100 g/mol. The Hall–Kier alpha value is -5.83. The van der Waals surface area contributed by atoms with Gasteiger partial charge in [-0.25, -0.2) is 19.2 Å². The fraction of sp³-hybridized carbons (Fsp3) is 0.761. The molecule has 0 aromatic carbocycles. The number of aliphatic hydroxyl groups excluding tert-OH is 4. The van der Waals surface area contributed by atoms with E-state index < -0.39 is 127 Å². The van der Waals surface area contributed by atoms with Crippen molar-refractivity contribution in [2.24, 2.45) is 17.4 Å². The first-order valence-corrected chi connectivity index (χ1v) is 24.9. The number of guanidine groups is 2. The number of ether oxygens (including phenoxy) is 9. The fourth-order valence-corrected chi connectivity index (χ4v) is 7.64. The number of likely N-dealkylation sites (N-methyl/N-ethyl adjacent to an activating group) is 1. The minimum absolute atomic E-state index is 0.0180. The number of carboxylic acid groups (broad SMARTS) is 2. The van der Waals surface area contributed by atoms with E-state index in [1.54, 1.807) is 6.92 Å². The number of nitrogens with zero attached hydrogens (tertiary/aromatic N) is 3. The highest BCUT2D eigenvalue weighted by Crippen LogP contribution is 2.30. The summed E-state index contributed by atoms with van der Waals surface area (Å²) in [6, 6.07) is -3.26. The van der Waals surface area contributed by atoms with Crippen molar-refractivity contribution in [1.29, 1.82) is 10.8 Å². The molecule has 76 heavy (non-hydrogen) atoms. The molecule has 0 fully saturated rings. The van der Waals surface area contributed by atoms with E-state index in [1.165, 1.54) is 25.1 Å². The van der Waals surface area contributed by atoms with E-state index in [2.05, 4.69) is 20.9 Å². The number of aliphatic hydroxyl groups is 4. The smallest absolute Gasteiger partial charge is 0.410 e. The topological polar surface area (TPSA) is 435 Å². The number of amides is 3. The molecule has 30 heteroatoms. The SMILES string of the molecule is CCCOCCOCCOCCOCCN(CCCCN(C)C(=O)O[C@@H]([C@@H]1OC(C(=O)O)=C[C@H](NC(=N)N)[C@H]1NC(C)=O)[C@H](O)CO)CCOCCN(C)C(=O)O[C@@H]([C@@H]1OC(C(=O)O)=C[C@H](NC(=N)N)[C@H]1C)[C@H](O)CO. The summed E-state index contributed by atoms with van der Waals surface area (Å²) in [4.78, 5) is 67.2. The molecule has 2 aliphatic rings. The lowest BCUT2D eigenvalue weighted by molar-refractivity contribution is -0.148. The zero-order valence-corrected chi connectivity index (χ0v) is 44.0. The Bertz CT molecular complexity index is 1870. The molecule has 0 spiro atoms. The van der Waals surface area contributed by atoms with Crippen molar-refractivity contribution in [3.63, 3.8) is 0 Å². The van der Waals surface area contributed by atoms with Crippen LogP contribution in [0.15, 0.2) is 23.7 Å². The molecule has 2 rings (SSSR count). The third-order valence-electron chi connectivity index (χ3n) is 11.7. The first-order chi connectivity index (χ1) is 36.1. The molecule has 10 atom stereocenters. The Morgan fingerprint density at radius 1 is 0.632 bits per heavy atom. The number of unbranched alkanes of at least 4 members (excludes halogenated alkanes) is 1. The molecule has 2 aliphatic heterocycles. The van der Waals surface area contributed by atoms with Crippen LogP contribution in [-0.2, 0) is 57.0 Å². The number of rotatable bonds is 38. The summed E-state index contributed by atoms with van der Waals surface area (Å²) in [5, 5.41) is 83.6. The number of nitrogens with one attached hydrogen (secondary N) is 5. The number of hydrogen-bond donors (Lipinski definition) is 13. The third kappa shape index (κ3) is 24.4. The molecule has 0 bridgehead atoms. The zero-order valence-electron chi connectivity index (χ0n) is 44.0. The van der Waals surface area contributed by atoms with Crippen LogP contribution >= 0.6 is 0 Å². The minimum atomic E-state index is -1.80. The number of carboxylic acids is 2. The van der Waals surface area contributed by atoms with E-state index in [9.17, 15) is 54.6 Å². The maximum atomic E-state index is 13.5. The molecule has 30 nitrogen and oxygen atoms in total. The van der Waals surface area contributed by atoms with Crippen LogP contribution in [0.3, 0.4) is 0 Å². The molecule has 0 saturated heterocycles. The van der Waals surface area contributed by atoms with E-state index in [-0.39, 0.29) is 26.3 Å². The third-order valence-corrected chi connectivity index (χ3v) is 11.7. The van der Waals surface area contributed by atoms with Gasteiger partial charge in [-0.3, -0.25) is 20.5 Å². The van der Waals surface area contributed by atoms with Gasteiger partial charge in [0.1, 0.15) is 18.3 Å². The van der Waals surface area contributed by atoms with Gasteiger partial charge in [-0.05, 0) is 38.0 Å². The summed E-state index contributed by atoms with van der Waals surface area (Å²) in [7, 11) is 2.84. The molecule has 0 unspecified atom stereocenters. The molecule has 15 N–H and O–H groups in total. The zero-order chi connectivity index (χ0) is 56.7. The van der Waals surface area contributed by atoms with Crippen LogP contribution in [0.25, 0.3) is 0 Å². The summed E-state index contributed by atoms with van der Waals surface area (Å²) < 4.78 is 50.5. The van der Waals surface area contributed by atoms with Crippen LogP contribution in [0, 0.1) is 16.7 Å². The Morgan fingerprint density at radius 2 is 1.04 bits per heavy atom. The van der Waals surface area contributed by atoms with Crippen LogP contribution in [0.1, 0.15) is 40.0 Å². The molecular formula is C46H82N10O20. The van der Waals surface area contributed by atoms with Crippen molar-refractivity contribution >= 4 is 42.0 Å². The van der Waals surface area contributed by atoms with Crippen molar-refractivity contribution in [3.8, 4) is 0 Å². The van der Waals surface area contributed by atoms with Crippen LogP contribution in [-0.4, -0.2) is 268 Å². The van der Waals surface area contributed by atoms with E-state index in [0.717, 1.165) is 24.3 Å². The number of carbonyl (C=O) groups excluding carboxylic acids is 3. The molecule has 0 radical (unpaired) electrons. The Kier molecular flexibility index (Phi) is 31.6.